The molecule has 1 unspecified atom stereocenters. The third-order valence-corrected chi connectivity index (χ3v) is 6.75. The molecule has 2 heterocycles. The lowest BCUT2D eigenvalue weighted by Crippen LogP contribution is -2.32. The van der Waals surface area contributed by atoms with Crippen LogP contribution in [-0.2, 0) is 12.6 Å². The Kier molecular flexibility index (Phi) is 6.01. The Hall–Kier alpha value is -3.38. The van der Waals surface area contributed by atoms with Gasteiger partial charge in [0.2, 0.25) is 0 Å². The summed E-state index contributed by atoms with van der Waals surface area (Å²) in [5.41, 5.74) is 3.01. The van der Waals surface area contributed by atoms with E-state index in [2.05, 4.69) is 4.98 Å². The van der Waals surface area contributed by atoms with Gasteiger partial charge < -0.3 is 14.6 Å². The van der Waals surface area contributed by atoms with Crippen molar-refractivity contribution < 1.29 is 5.11 Å². The van der Waals surface area contributed by atoms with Gasteiger partial charge in [-0.1, -0.05) is 53.5 Å². The van der Waals surface area contributed by atoms with Crippen molar-refractivity contribution in [1.82, 2.24) is 14.5 Å². The average molecular weight is 503 g/mol. The number of fused-ring (bicyclic) bond motifs is 1. The summed E-state index contributed by atoms with van der Waals surface area (Å²) in [4.78, 5) is 11.1. The highest BCUT2D eigenvalue weighted by Crippen LogP contribution is 2.44. The molecule has 0 aliphatic rings. The van der Waals surface area contributed by atoms with E-state index < -0.39 is 5.60 Å². The van der Waals surface area contributed by atoms with Crippen molar-refractivity contribution in [1.29, 1.82) is 0 Å². The first kappa shape index (κ1) is 23.4. The number of pyridine rings is 1. The fourth-order valence-corrected chi connectivity index (χ4v) is 4.85. The summed E-state index contributed by atoms with van der Waals surface area (Å²) in [5.74, 6) is 0.849. The lowest BCUT2D eigenvalue weighted by atomic mass is 9.78. The standard InChI is InChI=1S/C28H24Cl2N4O/c1-33(2)26-14-11-22-24(32-26)13-12-23(27(22)18-5-4-6-21(30)15-18)28(35,25-16-31-17-34(25)3)19-7-9-20(29)10-8-19/h4-17,35H,1-3H3. The Balaban J connectivity index is 1.90. The minimum absolute atomic E-state index is 0.593. The van der Waals surface area contributed by atoms with Gasteiger partial charge in [-0.25, -0.2) is 9.97 Å². The van der Waals surface area contributed by atoms with Crippen LogP contribution in [0, 0.1) is 0 Å². The highest BCUT2D eigenvalue weighted by molar-refractivity contribution is 6.31. The number of hydrogen-bond acceptors (Lipinski definition) is 4. The van der Waals surface area contributed by atoms with Crippen molar-refractivity contribution >= 4 is 39.9 Å². The van der Waals surface area contributed by atoms with E-state index in [-0.39, 0.29) is 0 Å². The lowest BCUT2D eigenvalue weighted by molar-refractivity contribution is 0.118. The lowest BCUT2D eigenvalue weighted by Gasteiger charge is -2.32. The molecule has 0 spiro atoms. The second-order valence-corrected chi connectivity index (χ2v) is 9.61. The van der Waals surface area contributed by atoms with Gasteiger partial charge in [-0.2, -0.15) is 0 Å². The highest BCUT2D eigenvalue weighted by Gasteiger charge is 2.39. The normalized spacial score (nSPS) is 13.1. The molecule has 0 saturated carbocycles. The molecule has 0 radical (unpaired) electrons. The Bertz CT molecular complexity index is 1530. The molecule has 1 N–H and O–H groups in total. The van der Waals surface area contributed by atoms with Crippen LogP contribution in [0.1, 0.15) is 16.8 Å². The predicted octanol–water partition coefficient (Wildman–Crippen LogP) is 6.29. The summed E-state index contributed by atoms with van der Waals surface area (Å²) >= 11 is 12.6. The second-order valence-electron chi connectivity index (χ2n) is 8.74. The van der Waals surface area contributed by atoms with Crippen LogP contribution < -0.4 is 4.90 Å². The van der Waals surface area contributed by atoms with Crippen LogP contribution in [0.5, 0.6) is 0 Å². The molecule has 0 fully saturated rings. The molecule has 5 rings (SSSR count). The number of anilines is 1. The van der Waals surface area contributed by atoms with Gasteiger partial charge in [0.25, 0.3) is 0 Å². The molecule has 7 heteroatoms. The van der Waals surface area contributed by atoms with Gasteiger partial charge in [-0.15, -0.1) is 0 Å². The number of benzene rings is 3. The number of nitrogens with zero attached hydrogens (tertiary/aromatic N) is 4. The van der Waals surface area contributed by atoms with Crippen molar-refractivity contribution in [2.75, 3.05) is 19.0 Å². The van der Waals surface area contributed by atoms with Crippen LogP contribution in [0.2, 0.25) is 10.0 Å². The van der Waals surface area contributed by atoms with E-state index in [0.717, 1.165) is 27.8 Å². The third-order valence-electron chi connectivity index (χ3n) is 6.27. The van der Waals surface area contributed by atoms with Gasteiger partial charge in [-0.05, 0) is 59.2 Å². The monoisotopic (exact) mass is 502 g/mol. The number of aliphatic hydroxyl groups is 1. The molecule has 0 aliphatic carbocycles. The van der Waals surface area contributed by atoms with Crippen molar-refractivity contribution in [3.05, 3.63) is 112 Å². The Morgan fingerprint density at radius 3 is 2.34 bits per heavy atom. The molecular formula is C28H24Cl2N4O. The fraction of sp³-hybridized carbons (Fsp3) is 0.143. The fourth-order valence-electron chi connectivity index (χ4n) is 4.54. The van der Waals surface area contributed by atoms with Gasteiger partial charge in [0.05, 0.1) is 23.7 Å². The van der Waals surface area contributed by atoms with Crippen molar-refractivity contribution in [2.45, 2.75) is 5.60 Å². The number of imidazole rings is 1. The maximum absolute atomic E-state index is 12.6. The zero-order valence-electron chi connectivity index (χ0n) is 19.6. The molecule has 0 saturated heterocycles. The predicted molar refractivity (Wildman–Crippen MR) is 143 cm³/mol. The molecule has 0 amide bonds. The van der Waals surface area contributed by atoms with E-state index >= 15 is 0 Å². The summed E-state index contributed by atoms with van der Waals surface area (Å²) < 4.78 is 1.83. The van der Waals surface area contributed by atoms with Crippen molar-refractivity contribution in [3.8, 4) is 11.1 Å². The molecule has 5 nitrogen and oxygen atoms in total. The molecule has 35 heavy (non-hydrogen) atoms. The molecule has 2 aromatic heterocycles. The Labute approximate surface area is 214 Å². The first-order valence-electron chi connectivity index (χ1n) is 11.1. The molecule has 3 aromatic carbocycles. The average Bonchev–Trinajstić information content (AvgIpc) is 3.29. The maximum Gasteiger partial charge on any atom is 0.157 e. The van der Waals surface area contributed by atoms with Crippen LogP contribution in [-0.4, -0.2) is 33.7 Å². The highest BCUT2D eigenvalue weighted by atomic mass is 35.5. The van der Waals surface area contributed by atoms with Gasteiger partial charge >= 0.3 is 0 Å². The van der Waals surface area contributed by atoms with Crippen molar-refractivity contribution in [3.63, 3.8) is 0 Å². The quantitative estimate of drug-likeness (QED) is 0.306. The zero-order chi connectivity index (χ0) is 24.7. The van der Waals surface area contributed by atoms with Crippen LogP contribution in [0.3, 0.4) is 0 Å². The summed E-state index contributed by atoms with van der Waals surface area (Å²) in [7, 11) is 5.79. The third kappa shape index (κ3) is 4.06. The first-order valence-corrected chi connectivity index (χ1v) is 11.9. The Morgan fingerprint density at radius 2 is 1.69 bits per heavy atom. The summed E-state index contributed by atoms with van der Waals surface area (Å²) in [5, 5.41) is 14.7. The van der Waals surface area contributed by atoms with Gasteiger partial charge in [0.15, 0.2) is 5.60 Å². The van der Waals surface area contributed by atoms with Crippen LogP contribution in [0.4, 0.5) is 5.82 Å². The smallest absolute Gasteiger partial charge is 0.157 e. The molecule has 176 valence electrons. The van der Waals surface area contributed by atoms with E-state index in [1.165, 1.54) is 0 Å². The number of halogens is 2. The van der Waals surface area contributed by atoms with Gasteiger partial charge in [0, 0.05) is 42.1 Å². The van der Waals surface area contributed by atoms with E-state index in [4.69, 9.17) is 28.2 Å². The zero-order valence-corrected chi connectivity index (χ0v) is 21.1. The minimum Gasteiger partial charge on any atom is -0.374 e. The first-order chi connectivity index (χ1) is 16.8. The molecule has 0 aliphatic heterocycles. The number of aromatic nitrogens is 3. The molecular weight excluding hydrogens is 479 g/mol. The molecule has 0 bridgehead atoms. The molecule has 5 aromatic rings. The molecule has 1 atom stereocenters. The maximum atomic E-state index is 12.6. The van der Waals surface area contributed by atoms with Gasteiger partial charge in [0.1, 0.15) is 5.82 Å². The van der Waals surface area contributed by atoms with E-state index in [0.29, 0.717) is 26.9 Å². The second kappa shape index (κ2) is 9.00. The minimum atomic E-state index is -1.53. The van der Waals surface area contributed by atoms with Crippen LogP contribution in [0.15, 0.2) is 85.3 Å². The summed E-state index contributed by atoms with van der Waals surface area (Å²) in [6.07, 6.45) is 3.37. The van der Waals surface area contributed by atoms with Crippen LogP contribution >= 0.6 is 23.2 Å². The largest absolute Gasteiger partial charge is 0.374 e. The Morgan fingerprint density at radius 1 is 0.914 bits per heavy atom. The van der Waals surface area contributed by atoms with E-state index in [1.54, 1.807) is 24.7 Å². The van der Waals surface area contributed by atoms with E-state index in [1.807, 2.05) is 91.3 Å². The van der Waals surface area contributed by atoms with Crippen LogP contribution in [0.25, 0.3) is 22.0 Å². The number of rotatable bonds is 5. The van der Waals surface area contributed by atoms with E-state index in [9.17, 15) is 5.11 Å². The topological polar surface area (TPSA) is 54.2 Å². The number of hydrogen-bond donors (Lipinski definition) is 1. The van der Waals surface area contributed by atoms with Crippen molar-refractivity contribution in [2.24, 2.45) is 7.05 Å². The summed E-state index contributed by atoms with van der Waals surface area (Å²) in [6.45, 7) is 0. The van der Waals surface area contributed by atoms with Gasteiger partial charge in [-0.3, -0.25) is 0 Å². The summed E-state index contributed by atoms with van der Waals surface area (Å²) in [6, 6.07) is 22.8. The number of aryl methyl sites for hydroxylation is 1. The SMILES string of the molecule is CN(C)c1ccc2c(-c3cccc(Cl)c3)c(C(O)(c3ccc(Cl)cc3)c3cncn3C)ccc2n1.